The fraction of sp³-hybridized carbons (Fsp3) is 0.321. The Balaban J connectivity index is 1.99. The van der Waals surface area contributed by atoms with Crippen LogP contribution in [0.2, 0.25) is 0 Å². The normalized spacial score (nSPS) is 23.7. The van der Waals surface area contributed by atoms with Crippen molar-refractivity contribution in [2.75, 3.05) is 14.2 Å². The van der Waals surface area contributed by atoms with Gasteiger partial charge in [-0.05, 0) is 23.6 Å². The number of carbonyl (C=O) groups excluding carboxylic acids is 1. The van der Waals surface area contributed by atoms with Crippen LogP contribution in [-0.2, 0) is 34.7 Å². The van der Waals surface area contributed by atoms with E-state index in [1.807, 2.05) is 0 Å². The summed E-state index contributed by atoms with van der Waals surface area (Å²) in [6.07, 6.45) is -7.83. The van der Waals surface area contributed by atoms with Gasteiger partial charge < -0.3 is 9.84 Å². The summed E-state index contributed by atoms with van der Waals surface area (Å²) in [4.78, 5) is 32.7. The summed E-state index contributed by atoms with van der Waals surface area (Å²) in [7, 11) is 2.07. The maximum Gasteiger partial charge on any atom is 0.471 e. The van der Waals surface area contributed by atoms with Crippen LogP contribution in [0.5, 0.6) is 0 Å². The van der Waals surface area contributed by atoms with Crippen molar-refractivity contribution in [3.8, 4) is 0 Å². The molecular weight excluding hydrogens is 519 g/mol. The number of hydrogen-bond donors (Lipinski definition) is 1. The summed E-state index contributed by atoms with van der Waals surface area (Å²) in [5, 5.41) is 11.4. The van der Waals surface area contributed by atoms with E-state index < -0.39 is 41.8 Å². The summed E-state index contributed by atoms with van der Waals surface area (Å²) in [5.41, 5.74) is -2.44. The molecule has 1 heterocycles. The molecule has 0 bridgehead atoms. The van der Waals surface area contributed by atoms with Crippen LogP contribution in [0.4, 0.5) is 13.2 Å². The molecule has 0 aromatic heterocycles. The Hall–Kier alpha value is -3.32. The molecule has 3 aromatic rings. The summed E-state index contributed by atoms with van der Waals surface area (Å²) in [6.45, 7) is 1.01. The number of ether oxygens (including phenoxy) is 1. The third-order valence-electron chi connectivity index (χ3n) is 6.71. The van der Waals surface area contributed by atoms with Crippen molar-refractivity contribution in [1.82, 2.24) is 4.90 Å². The highest BCUT2D eigenvalue weighted by atomic mass is 19.4. The van der Waals surface area contributed by atoms with E-state index in [9.17, 15) is 23.1 Å². The molecule has 208 valence electrons. The number of nitrogens with zero attached hydrogens (tertiary/aromatic N) is 1. The number of likely N-dealkylation sites (tertiary alicyclic amines) is 1. The molecule has 1 amide bonds. The van der Waals surface area contributed by atoms with Gasteiger partial charge in [-0.1, -0.05) is 91.0 Å². The van der Waals surface area contributed by atoms with Gasteiger partial charge >= 0.3 is 12.1 Å². The highest BCUT2D eigenvalue weighted by Gasteiger charge is 2.70. The number of halogens is 3. The van der Waals surface area contributed by atoms with Crippen LogP contribution in [0.25, 0.3) is 0 Å². The largest absolute Gasteiger partial charge is 0.471 e. The van der Waals surface area contributed by atoms with E-state index in [2.05, 4.69) is 9.78 Å². The topological polar surface area (TPSA) is 86.7 Å². The molecule has 3 unspecified atom stereocenters. The number of hydrogen-bond acceptors (Lipinski definition) is 7. The molecule has 8 nitrogen and oxygen atoms in total. The van der Waals surface area contributed by atoms with Crippen LogP contribution >= 0.6 is 0 Å². The molecule has 1 saturated heterocycles. The Morgan fingerprint density at radius 3 is 1.59 bits per heavy atom. The first-order chi connectivity index (χ1) is 18.5. The molecule has 1 N–H and O–H groups in total. The molecule has 4 rings (SSSR count). The molecule has 0 aliphatic carbocycles. The summed E-state index contributed by atoms with van der Waals surface area (Å²) >= 11 is 0. The SMILES string of the molecule is COOC1(O)CC(OC(c2ccccc2)(c2ccccc2)c2ccccc2)N(C(=O)C(F)(F)F)C1(C)OOC. The second-order valence-electron chi connectivity index (χ2n) is 9.00. The zero-order valence-electron chi connectivity index (χ0n) is 21.4. The van der Waals surface area contributed by atoms with Crippen molar-refractivity contribution >= 4 is 5.91 Å². The lowest BCUT2D eigenvalue weighted by atomic mass is 9.80. The molecule has 1 fully saturated rings. The number of amides is 1. The average molecular weight is 548 g/mol. The summed E-state index contributed by atoms with van der Waals surface area (Å²) in [5.74, 6) is -4.98. The molecule has 3 atom stereocenters. The second-order valence-corrected chi connectivity index (χ2v) is 9.00. The molecule has 11 heteroatoms. The Kier molecular flexibility index (Phi) is 8.12. The predicted molar refractivity (Wildman–Crippen MR) is 131 cm³/mol. The Labute approximate surface area is 223 Å². The highest BCUT2D eigenvalue weighted by Crippen LogP contribution is 2.50. The van der Waals surface area contributed by atoms with Gasteiger partial charge in [-0.15, -0.1) is 0 Å². The van der Waals surface area contributed by atoms with Crippen LogP contribution in [-0.4, -0.2) is 54.0 Å². The number of benzene rings is 3. The fourth-order valence-electron chi connectivity index (χ4n) is 4.98. The quantitative estimate of drug-likeness (QED) is 0.180. The fourth-order valence-corrected chi connectivity index (χ4v) is 4.98. The molecule has 0 saturated carbocycles. The third kappa shape index (κ3) is 5.05. The van der Waals surface area contributed by atoms with Gasteiger partial charge in [0.25, 0.3) is 5.79 Å². The van der Waals surface area contributed by atoms with E-state index in [0.29, 0.717) is 16.7 Å². The van der Waals surface area contributed by atoms with E-state index in [1.54, 1.807) is 91.0 Å². The van der Waals surface area contributed by atoms with Crippen molar-refractivity contribution in [2.45, 2.75) is 42.9 Å². The Bertz CT molecular complexity index is 1150. The average Bonchev–Trinajstić information content (AvgIpc) is 3.13. The third-order valence-corrected chi connectivity index (χ3v) is 6.71. The zero-order chi connectivity index (χ0) is 28.3. The lowest BCUT2D eigenvalue weighted by Crippen LogP contribution is -2.63. The van der Waals surface area contributed by atoms with Crippen molar-refractivity contribution in [1.29, 1.82) is 0 Å². The van der Waals surface area contributed by atoms with Gasteiger partial charge in [0.2, 0.25) is 5.72 Å². The van der Waals surface area contributed by atoms with Gasteiger partial charge in [-0.3, -0.25) is 9.69 Å². The minimum Gasteiger partial charge on any atom is -0.359 e. The molecule has 0 radical (unpaired) electrons. The van der Waals surface area contributed by atoms with Crippen LogP contribution in [0, 0.1) is 0 Å². The van der Waals surface area contributed by atoms with Gasteiger partial charge in [-0.25, -0.2) is 14.7 Å². The number of rotatable bonds is 9. The van der Waals surface area contributed by atoms with Gasteiger partial charge in [-0.2, -0.15) is 18.1 Å². The van der Waals surface area contributed by atoms with E-state index >= 15 is 0 Å². The summed E-state index contributed by atoms with van der Waals surface area (Å²) in [6, 6.07) is 26.5. The van der Waals surface area contributed by atoms with Crippen LogP contribution in [0.3, 0.4) is 0 Å². The maximum atomic E-state index is 14.0. The number of alkyl halides is 3. The van der Waals surface area contributed by atoms with E-state index in [4.69, 9.17) is 14.5 Å². The van der Waals surface area contributed by atoms with Crippen LogP contribution in [0.1, 0.15) is 30.0 Å². The van der Waals surface area contributed by atoms with Crippen LogP contribution in [0.15, 0.2) is 91.0 Å². The molecule has 0 spiro atoms. The smallest absolute Gasteiger partial charge is 0.359 e. The molecule has 1 aliphatic rings. The second kappa shape index (κ2) is 11.0. The van der Waals surface area contributed by atoms with Gasteiger partial charge in [0.05, 0.1) is 20.6 Å². The van der Waals surface area contributed by atoms with E-state index in [0.717, 1.165) is 21.1 Å². The zero-order valence-corrected chi connectivity index (χ0v) is 21.4. The number of carbonyl (C=O) groups is 1. The van der Waals surface area contributed by atoms with Gasteiger partial charge in [0, 0.05) is 0 Å². The summed E-state index contributed by atoms with van der Waals surface area (Å²) < 4.78 is 48.6. The first-order valence-electron chi connectivity index (χ1n) is 11.9. The lowest BCUT2D eigenvalue weighted by Gasteiger charge is -2.43. The first-order valence-corrected chi connectivity index (χ1v) is 11.9. The lowest BCUT2D eigenvalue weighted by molar-refractivity contribution is -0.494. The van der Waals surface area contributed by atoms with E-state index in [1.165, 1.54) is 0 Å². The standard InChI is InChI=1S/C28H28F3NO7/c1-25(38-35-2)26(34,39-36-3)19-23(32(25)24(33)28(29,30)31)37-27(20-13-7-4-8-14-20,21-15-9-5-10-16-21)22-17-11-6-12-18-22/h4-18,23,34H,19H2,1-3H3. The minimum atomic E-state index is -5.37. The molecule has 1 aliphatic heterocycles. The van der Waals surface area contributed by atoms with Gasteiger partial charge in [0.15, 0.2) is 0 Å². The van der Waals surface area contributed by atoms with Gasteiger partial charge in [0.1, 0.15) is 11.8 Å². The maximum absolute atomic E-state index is 14.0. The van der Waals surface area contributed by atoms with Crippen molar-refractivity contribution in [2.24, 2.45) is 0 Å². The number of aliphatic hydroxyl groups is 1. The predicted octanol–water partition coefficient (Wildman–Crippen LogP) is 4.68. The first kappa shape index (κ1) is 28.7. The highest BCUT2D eigenvalue weighted by molar-refractivity contribution is 5.83. The molecule has 3 aromatic carbocycles. The monoisotopic (exact) mass is 547 g/mol. The molecular formula is C28H28F3NO7. The van der Waals surface area contributed by atoms with Crippen LogP contribution < -0.4 is 0 Å². The Morgan fingerprint density at radius 2 is 1.23 bits per heavy atom. The van der Waals surface area contributed by atoms with E-state index in [-0.39, 0.29) is 4.90 Å². The van der Waals surface area contributed by atoms with Crippen molar-refractivity contribution in [3.63, 3.8) is 0 Å². The Morgan fingerprint density at radius 1 is 0.821 bits per heavy atom. The molecule has 39 heavy (non-hydrogen) atoms. The van der Waals surface area contributed by atoms with Crippen molar-refractivity contribution < 1.29 is 47.4 Å². The minimum absolute atomic E-state index is 0.235. The van der Waals surface area contributed by atoms with Crippen molar-refractivity contribution in [3.05, 3.63) is 108 Å².